The number of hydrogen-bond donors (Lipinski definition) is 0. The highest BCUT2D eigenvalue weighted by atomic mass is 16.6. The molecule has 0 aromatic rings. The molecule has 0 aliphatic heterocycles. The molecule has 0 rings (SSSR count). The molecule has 0 spiro atoms. The van der Waals surface area contributed by atoms with Crippen LogP contribution in [0.15, 0.2) is 36.5 Å². The van der Waals surface area contributed by atoms with E-state index in [-0.39, 0.29) is 31.1 Å². The van der Waals surface area contributed by atoms with E-state index < -0.39 is 6.10 Å². The van der Waals surface area contributed by atoms with Gasteiger partial charge in [0.15, 0.2) is 6.10 Å². The average Bonchev–Trinajstić information content (AvgIpc) is 3.30. The molecule has 380 valence electrons. The number of esters is 3. The summed E-state index contributed by atoms with van der Waals surface area (Å²) < 4.78 is 16.8. The Hall–Kier alpha value is -2.37. The van der Waals surface area contributed by atoms with Crippen LogP contribution >= 0.6 is 0 Å². The SMILES string of the molecule is CCC/C=C\CCCCCCCC(=O)OCC(COC(=O)CCCCCCCCCCC/C=C\C/C=C\CCCCC)OC(=O)CCCCCCCCCCCCCCCCCCCC. The standard InChI is InChI=1S/C59H108O6/c1-4-7-10-13-16-19-22-24-26-28-30-32-33-35-37-40-43-46-49-52-58(61)64-55-56(54-63-57(60)51-48-45-42-39-21-18-15-12-9-6-3)65-59(62)53-50-47-44-41-38-36-34-31-29-27-25-23-20-17-14-11-8-5-2/h12,15-16,19,24,26,56H,4-11,13-14,17-18,20-23,25,27-55H2,1-3H3/b15-12-,19-16-,26-24-. The fourth-order valence-corrected chi connectivity index (χ4v) is 8.30. The molecule has 0 radical (unpaired) electrons. The van der Waals surface area contributed by atoms with E-state index in [0.717, 1.165) is 77.0 Å². The van der Waals surface area contributed by atoms with Crippen molar-refractivity contribution >= 4 is 17.9 Å². The molecule has 1 unspecified atom stereocenters. The van der Waals surface area contributed by atoms with E-state index in [9.17, 15) is 14.4 Å². The molecule has 0 aliphatic carbocycles. The topological polar surface area (TPSA) is 78.9 Å². The van der Waals surface area contributed by atoms with Gasteiger partial charge in [0.05, 0.1) is 0 Å². The smallest absolute Gasteiger partial charge is 0.306 e. The Morgan fingerprint density at radius 2 is 0.585 bits per heavy atom. The van der Waals surface area contributed by atoms with Gasteiger partial charge in [0, 0.05) is 19.3 Å². The lowest BCUT2D eigenvalue weighted by molar-refractivity contribution is -0.167. The quantitative estimate of drug-likeness (QED) is 0.0262. The number of unbranched alkanes of at least 4 members (excludes halogenated alkanes) is 35. The number of carbonyl (C=O) groups excluding carboxylic acids is 3. The predicted octanol–water partition coefficient (Wildman–Crippen LogP) is 18.9. The molecule has 0 aromatic carbocycles. The van der Waals surface area contributed by atoms with E-state index in [1.54, 1.807) is 0 Å². The van der Waals surface area contributed by atoms with Crippen LogP contribution in [0.1, 0.15) is 303 Å². The zero-order valence-electron chi connectivity index (χ0n) is 43.5. The summed E-state index contributed by atoms with van der Waals surface area (Å²) in [6.45, 7) is 6.58. The Balaban J connectivity index is 4.27. The molecule has 0 fully saturated rings. The first kappa shape index (κ1) is 62.6. The van der Waals surface area contributed by atoms with Gasteiger partial charge in [0.1, 0.15) is 13.2 Å². The van der Waals surface area contributed by atoms with Gasteiger partial charge < -0.3 is 14.2 Å². The van der Waals surface area contributed by atoms with Crippen LogP contribution in [0.5, 0.6) is 0 Å². The van der Waals surface area contributed by atoms with Crippen molar-refractivity contribution in [2.24, 2.45) is 0 Å². The Morgan fingerprint density at radius 3 is 0.954 bits per heavy atom. The second kappa shape index (κ2) is 54.2. The minimum atomic E-state index is -0.773. The van der Waals surface area contributed by atoms with Crippen molar-refractivity contribution in [3.05, 3.63) is 36.5 Å². The van der Waals surface area contributed by atoms with Crippen molar-refractivity contribution in [1.29, 1.82) is 0 Å². The third-order valence-corrected chi connectivity index (χ3v) is 12.6. The van der Waals surface area contributed by atoms with Crippen molar-refractivity contribution in [2.75, 3.05) is 13.2 Å². The van der Waals surface area contributed by atoms with Gasteiger partial charge in [-0.1, -0.05) is 250 Å². The van der Waals surface area contributed by atoms with Crippen LogP contribution in [0.2, 0.25) is 0 Å². The summed E-state index contributed by atoms with van der Waals surface area (Å²) in [7, 11) is 0. The van der Waals surface area contributed by atoms with Gasteiger partial charge in [-0.05, 0) is 70.6 Å². The molecule has 0 aliphatic rings. The van der Waals surface area contributed by atoms with Gasteiger partial charge >= 0.3 is 17.9 Å². The summed E-state index contributed by atoms with van der Waals surface area (Å²) in [5.74, 6) is -0.873. The van der Waals surface area contributed by atoms with E-state index in [0.29, 0.717) is 19.3 Å². The predicted molar refractivity (Wildman–Crippen MR) is 279 cm³/mol. The van der Waals surface area contributed by atoms with Crippen LogP contribution in [-0.2, 0) is 28.6 Å². The molecular weight excluding hydrogens is 805 g/mol. The van der Waals surface area contributed by atoms with Gasteiger partial charge in [0.25, 0.3) is 0 Å². The van der Waals surface area contributed by atoms with Gasteiger partial charge in [0.2, 0.25) is 0 Å². The Bertz CT molecular complexity index is 1090. The maximum atomic E-state index is 12.8. The van der Waals surface area contributed by atoms with Crippen LogP contribution < -0.4 is 0 Å². The zero-order chi connectivity index (χ0) is 47.2. The summed E-state index contributed by atoms with van der Waals surface area (Å²) in [5.41, 5.74) is 0. The first-order valence-electron chi connectivity index (χ1n) is 28.5. The highest BCUT2D eigenvalue weighted by molar-refractivity contribution is 5.71. The molecule has 0 heterocycles. The highest BCUT2D eigenvalue weighted by Crippen LogP contribution is 2.17. The minimum absolute atomic E-state index is 0.0738. The number of allylic oxidation sites excluding steroid dienone is 6. The van der Waals surface area contributed by atoms with Crippen molar-refractivity contribution < 1.29 is 28.6 Å². The van der Waals surface area contributed by atoms with Gasteiger partial charge in [-0.25, -0.2) is 0 Å². The number of rotatable bonds is 52. The molecule has 0 saturated heterocycles. The average molecular weight is 914 g/mol. The van der Waals surface area contributed by atoms with E-state index in [1.165, 1.54) is 186 Å². The number of ether oxygens (including phenoxy) is 3. The van der Waals surface area contributed by atoms with Crippen molar-refractivity contribution in [3.63, 3.8) is 0 Å². The first-order valence-corrected chi connectivity index (χ1v) is 28.5. The Morgan fingerprint density at radius 1 is 0.308 bits per heavy atom. The third kappa shape index (κ3) is 52.5. The van der Waals surface area contributed by atoms with Crippen molar-refractivity contribution in [1.82, 2.24) is 0 Å². The lowest BCUT2D eigenvalue weighted by atomic mass is 10.0. The maximum Gasteiger partial charge on any atom is 0.306 e. The van der Waals surface area contributed by atoms with Gasteiger partial charge in [-0.15, -0.1) is 0 Å². The molecule has 0 amide bonds. The number of hydrogen-bond acceptors (Lipinski definition) is 6. The van der Waals surface area contributed by atoms with Crippen molar-refractivity contribution in [3.8, 4) is 0 Å². The molecule has 0 N–H and O–H groups in total. The summed E-state index contributed by atoms with van der Waals surface area (Å²) in [6, 6.07) is 0. The Labute approximate surface area is 404 Å². The second-order valence-electron chi connectivity index (χ2n) is 19.2. The monoisotopic (exact) mass is 913 g/mol. The summed E-state index contributed by atoms with van der Waals surface area (Å²) in [6.07, 6.45) is 64.2. The summed E-state index contributed by atoms with van der Waals surface area (Å²) in [5, 5.41) is 0. The van der Waals surface area contributed by atoms with Gasteiger partial charge in [-0.3, -0.25) is 14.4 Å². The van der Waals surface area contributed by atoms with Crippen LogP contribution in [0.25, 0.3) is 0 Å². The Kier molecular flexibility index (Phi) is 52.3. The molecule has 6 nitrogen and oxygen atoms in total. The molecule has 0 bridgehead atoms. The highest BCUT2D eigenvalue weighted by Gasteiger charge is 2.19. The summed E-state index contributed by atoms with van der Waals surface area (Å²) >= 11 is 0. The number of carbonyl (C=O) groups is 3. The lowest BCUT2D eigenvalue weighted by Crippen LogP contribution is -2.30. The molecular formula is C59H108O6. The van der Waals surface area contributed by atoms with Crippen LogP contribution in [0, 0.1) is 0 Å². The molecule has 0 aromatic heterocycles. The molecule has 65 heavy (non-hydrogen) atoms. The third-order valence-electron chi connectivity index (χ3n) is 12.6. The maximum absolute atomic E-state index is 12.8. The molecule has 1 atom stereocenters. The van der Waals surface area contributed by atoms with Gasteiger partial charge in [-0.2, -0.15) is 0 Å². The van der Waals surface area contributed by atoms with E-state index in [2.05, 4.69) is 57.2 Å². The molecule has 6 heteroatoms. The lowest BCUT2D eigenvalue weighted by Gasteiger charge is -2.18. The van der Waals surface area contributed by atoms with Crippen molar-refractivity contribution in [2.45, 2.75) is 309 Å². The van der Waals surface area contributed by atoms with Crippen LogP contribution in [0.4, 0.5) is 0 Å². The largest absolute Gasteiger partial charge is 0.462 e. The fraction of sp³-hybridized carbons (Fsp3) is 0.847. The van der Waals surface area contributed by atoms with E-state index in [4.69, 9.17) is 14.2 Å². The second-order valence-corrected chi connectivity index (χ2v) is 19.2. The first-order chi connectivity index (χ1) is 32.0. The van der Waals surface area contributed by atoms with Crippen LogP contribution in [0.3, 0.4) is 0 Å². The van der Waals surface area contributed by atoms with Crippen LogP contribution in [-0.4, -0.2) is 37.2 Å². The fourth-order valence-electron chi connectivity index (χ4n) is 8.30. The summed E-state index contributed by atoms with van der Waals surface area (Å²) in [4.78, 5) is 38.0. The van der Waals surface area contributed by atoms with E-state index >= 15 is 0 Å². The zero-order valence-corrected chi connectivity index (χ0v) is 43.5. The minimum Gasteiger partial charge on any atom is -0.462 e. The molecule has 0 saturated carbocycles. The van der Waals surface area contributed by atoms with E-state index in [1.807, 2.05) is 0 Å². The normalized spacial score (nSPS) is 12.2.